The molecule has 1 atom stereocenters. The zero-order valence-corrected chi connectivity index (χ0v) is 8.93. The maximum Gasteiger partial charge on any atom is 0.137 e. The third kappa shape index (κ3) is 2.57. The Bertz CT molecular complexity index is 190. The fourth-order valence-corrected chi connectivity index (χ4v) is 2.76. The molecule has 0 aromatic heterocycles. The summed E-state index contributed by atoms with van der Waals surface area (Å²) < 4.78 is 0. The van der Waals surface area contributed by atoms with E-state index in [1.165, 1.54) is 32.1 Å². The molecule has 0 aromatic rings. The highest BCUT2D eigenvalue weighted by atomic mass is 16.1. The Balaban J connectivity index is 1.75. The highest BCUT2D eigenvalue weighted by molar-refractivity contribution is 5.81. The van der Waals surface area contributed by atoms with Gasteiger partial charge in [-0.15, -0.1) is 0 Å². The predicted octanol–water partition coefficient (Wildman–Crippen LogP) is 2.28. The lowest BCUT2D eigenvalue weighted by atomic mass is 9.93. The summed E-state index contributed by atoms with van der Waals surface area (Å²) in [4.78, 5) is 11.9. The normalized spacial score (nSPS) is 29.3. The molecular formula is C12H21NO. The fourth-order valence-electron chi connectivity index (χ4n) is 2.76. The van der Waals surface area contributed by atoms with Gasteiger partial charge in [0.15, 0.2) is 0 Å². The number of Topliss-reactive ketones (excluding diaryl/α,β-unsaturated/α-hetero) is 1. The summed E-state index contributed by atoms with van der Waals surface area (Å²) in [5, 5.41) is 3.45. The van der Waals surface area contributed by atoms with Crippen LogP contribution >= 0.6 is 0 Å². The lowest BCUT2D eigenvalue weighted by molar-refractivity contribution is -0.123. The lowest BCUT2D eigenvalue weighted by Gasteiger charge is -2.23. The Morgan fingerprint density at radius 1 is 1.07 bits per heavy atom. The van der Waals surface area contributed by atoms with Gasteiger partial charge in [0, 0.05) is 18.4 Å². The second kappa shape index (κ2) is 4.92. The van der Waals surface area contributed by atoms with E-state index in [2.05, 4.69) is 5.32 Å². The summed E-state index contributed by atoms with van der Waals surface area (Å²) in [6.45, 7) is 1.11. The van der Waals surface area contributed by atoms with Crippen LogP contribution in [0.5, 0.6) is 0 Å². The van der Waals surface area contributed by atoms with Crippen molar-refractivity contribution in [1.82, 2.24) is 5.32 Å². The maximum atomic E-state index is 11.9. The quantitative estimate of drug-likeness (QED) is 0.748. The summed E-state index contributed by atoms with van der Waals surface area (Å²) in [7, 11) is 0. The second-order valence-corrected chi connectivity index (χ2v) is 4.80. The van der Waals surface area contributed by atoms with E-state index in [9.17, 15) is 4.79 Å². The number of piperidine rings is 1. The van der Waals surface area contributed by atoms with Crippen molar-refractivity contribution in [2.75, 3.05) is 6.54 Å². The van der Waals surface area contributed by atoms with E-state index in [0.717, 1.165) is 25.8 Å². The van der Waals surface area contributed by atoms with Gasteiger partial charge in [0.25, 0.3) is 0 Å². The minimum absolute atomic E-state index is 0.415. The smallest absolute Gasteiger partial charge is 0.137 e. The van der Waals surface area contributed by atoms with E-state index in [1.54, 1.807) is 0 Å². The van der Waals surface area contributed by atoms with E-state index >= 15 is 0 Å². The number of hydrogen-bond acceptors (Lipinski definition) is 2. The largest absolute Gasteiger partial charge is 0.314 e. The first-order chi connectivity index (χ1) is 6.86. The van der Waals surface area contributed by atoms with Gasteiger partial charge >= 0.3 is 0 Å². The van der Waals surface area contributed by atoms with Crippen molar-refractivity contribution in [3.8, 4) is 0 Å². The molecule has 1 saturated carbocycles. The monoisotopic (exact) mass is 195 g/mol. The van der Waals surface area contributed by atoms with Gasteiger partial charge in [-0.2, -0.15) is 0 Å². The molecule has 0 spiro atoms. The number of carbonyl (C=O) groups excluding carboxylic acids is 1. The van der Waals surface area contributed by atoms with Crippen molar-refractivity contribution in [2.45, 2.75) is 57.4 Å². The number of nitrogens with one attached hydrogen (secondary N) is 1. The number of carbonyl (C=O) groups is 1. The van der Waals surface area contributed by atoms with Gasteiger partial charge < -0.3 is 5.32 Å². The molecule has 2 fully saturated rings. The van der Waals surface area contributed by atoms with Gasteiger partial charge in [-0.05, 0) is 32.2 Å². The SMILES string of the molecule is O=C(CC1CCCCN1)C1CCCC1. The van der Waals surface area contributed by atoms with Crippen LogP contribution in [0.25, 0.3) is 0 Å². The Morgan fingerprint density at radius 3 is 2.43 bits per heavy atom. The van der Waals surface area contributed by atoms with Crippen LogP contribution in [-0.2, 0) is 4.79 Å². The van der Waals surface area contributed by atoms with Crippen molar-refractivity contribution in [1.29, 1.82) is 0 Å². The van der Waals surface area contributed by atoms with Crippen LogP contribution in [0.15, 0.2) is 0 Å². The van der Waals surface area contributed by atoms with Gasteiger partial charge in [0.2, 0.25) is 0 Å². The predicted molar refractivity (Wildman–Crippen MR) is 57.2 cm³/mol. The minimum Gasteiger partial charge on any atom is -0.314 e. The molecule has 0 radical (unpaired) electrons. The molecule has 2 aliphatic rings. The van der Waals surface area contributed by atoms with Crippen molar-refractivity contribution in [3.63, 3.8) is 0 Å². The molecule has 14 heavy (non-hydrogen) atoms. The standard InChI is InChI=1S/C12H21NO/c14-12(10-5-1-2-6-10)9-11-7-3-4-8-13-11/h10-11,13H,1-9H2. The molecule has 1 saturated heterocycles. The van der Waals surface area contributed by atoms with Crippen LogP contribution in [0.1, 0.15) is 51.4 Å². The maximum absolute atomic E-state index is 11.9. The third-order valence-electron chi connectivity index (χ3n) is 3.67. The van der Waals surface area contributed by atoms with Gasteiger partial charge in [-0.25, -0.2) is 0 Å². The Kier molecular flexibility index (Phi) is 3.57. The van der Waals surface area contributed by atoms with Crippen molar-refractivity contribution >= 4 is 5.78 Å². The second-order valence-electron chi connectivity index (χ2n) is 4.80. The van der Waals surface area contributed by atoms with Crippen LogP contribution in [0.2, 0.25) is 0 Å². The zero-order valence-electron chi connectivity index (χ0n) is 8.93. The molecule has 0 bridgehead atoms. The Labute approximate surface area is 86.5 Å². The summed E-state index contributed by atoms with van der Waals surface area (Å²) in [6.07, 6.45) is 9.45. The zero-order chi connectivity index (χ0) is 9.80. The minimum atomic E-state index is 0.415. The van der Waals surface area contributed by atoms with E-state index in [4.69, 9.17) is 0 Å². The molecule has 80 valence electrons. The van der Waals surface area contributed by atoms with Crippen LogP contribution in [0.3, 0.4) is 0 Å². The molecule has 1 heterocycles. The molecular weight excluding hydrogens is 174 g/mol. The highest BCUT2D eigenvalue weighted by Crippen LogP contribution is 2.27. The fraction of sp³-hybridized carbons (Fsp3) is 0.917. The molecule has 1 unspecified atom stereocenters. The number of rotatable bonds is 3. The molecule has 1 aliphatic carbocycles. The molecule has 0 aromatic carbocycles. The summed E-state index contributed by atoms with van der Waals surface area (Å²) in [5.74, 6) is 0.945. The summed E-state index contributed by atoms with van der Waals surface area (Å²) >= 11 is 0. The van der Waals surface area contributed by atoms with Crippen molar-refractivity contribution in [3.05, 3.63) is 0 Å². The molecule has 1 N–H and O–H groups in total. The first-order valence-corrected chi connectivity index (χ1v) is 6.12. The topological polar surface area (TPSA) is 29.1 Å². The number of hydrogen-bond donors (Lipinski definition) is 1. The molecule has 0 amide bonds. The lowest BCUT2D eigenvalue weighted by Crippen LogP contribution is -2.36. The van der Waals surface area contributed by atoms with Crippen LogP contribution in [0, 0.1) is 5.92 Å². The van der Waals surface area contributed by atoms with E-state index in [1.807, 2.05) is 0 Å². The Hall–Kier alpha value is -0.370. The summed E-state index contributed by atoms with van der Waals surface area (Å²) in [6, 6.07) is 0.497. The van der Waals surface area contributed by atoms with Gasteiger partial charge in [0.05, 0.1) is 0 Å². The van der Waals surface area contributed by atoms with E-state index < -0.39 is 0 Å². The van der Waals surface area contributed by atoms with Gasteiger partial charge in [-0.3, -0.25) is 4.79 Å². The van der Waals surface area contributed by atoms with Crippen molar-refractivity contribution in [2.24, 2.45) is 5.92 Å². The highest BCUT2D eigenvalue weighted by Gasteiger charge is 2.25. The first-order valence-electron chi connectivity index (χ1n) is 6.12. The summed E-state index contributed by atoms with van der Waals surface area (Å²) in [5.41, 5.74) is 0. The molecule has 1 aliphatic heterocycles. The van der Waals surface area contributed by atoms with Crippen molar-refractivity contribution < 1.29 is 4.79 Å². The average Bonchev–Trinajstić information content (AvgIpc) is 2.72. The van der Waals surface area contributed by atoms with E-state index in [0.29, 0.717) is 17.7 Å². The van der Waals surface area contributed by atoms with E-state index in [-0.39, 0.29) is 0 Å². The number of ketones is 1. The van der Waals surface area contributed by atoms with Crippen LogP contribution in [0.4, 0.5) is 0 Å². The average molecular weight is 195 g/mol. The molecule has 2 nitrogen and oxygen atoms in total. The van der Waals surface area contributed by atoms with Crippen LogP contribution in [-0.4, -0.2) is 18.4 Å². The Morgan fingerprint density at radius 2 is 1.79 bits per heavy atom. The van der Waals surface area contributed by atoms with Crippen LogP contribution < -0.4 is 5.32 Å². The van der Waals surface area contributed by atoms with Gasteiger partial charge in [-0.1, -0.05) is 19.3 Å². The first kappa shape index (κ1) is 10.2. The van der Waals surface area contributed by atoms with Gasteiger partial charge in [0.1, 0.15) is 5.78 Å². The third-order valence-corrected chi connectivity index (χ3v) is 3.67. The molecule has 2 heteroatoms. The molecule has 2 rings (SSSR count).